The minimum absolute atomic E-state index is 0.0650. The topological polar surface area (TPSA) is 57.5 Å². The zero-order valence-electron chi connectivity index (χ0n) is 10.6. The van der Waals surface area contributed by atoms with Crippen molar-refractivity contribution in [2.45, 2.75) is 19.1 Å². The number of rotatable bonds is 4. The third-order valence-electron chi connectivity index (χ3n) is 2.94. The lowest BCUT2D eigenvalue weighted by molar-refractivity contribution is -0.109. The van der Waals surface area contributed by atoms with Gasteiger partial charge in [0.1, 0.15) is 6.10 Å². The van der Waals surface area contributed by atoms with Crippen molar-refractivity contribution in [1.82, 2.24) is 0 Å². The Morgan fingerprint density at radius 2 is 1.84 bits per heavy atom. The van der Waals surface area contributed by atoms with Crippen molar-refractivity contribution in [2.24, 2.45) is 0 Å². The highest BCUT2D eigenvalue weighted by Gasteiger charge is 2.19. The van der Waals surface area contributed by atoms with Gasteiger partial charge in [-0.25, -0.2) is 0 Å². The molecule has 2 atom stereocenters. The van der Waals surface area contributed by atoms with Gasteiger partial charge in [-0.2, -0.15) is 0 Å². The van der Waals surface area contributed by atoms with E-state index in [1.807, 2.05) is 36.4 Å². The highest BCUT2D eigenvalue weighted by molar-refractivity contribution is 8.13. The second kappa shape index (κ2) is 6.19. The van der Waals surface area contributed by atoms with Crippen molar-refractivity contribution in [1.29, 1.82) is 0 Å². The smallest absolute Gasteiger partial charge is 0.185 e. The van der Waals surface area contributed by atoms with Gasteiger partial charge >= 0.3 is 0 Å². The lowest BCUT2D eigenvalue weighted by atomic mass is 10.0. The number of carbonyl (C=O) groups is 1. The molecule has 2 aromatic rings. The molecule has 2 unspecified atom stereocenters. The summed E-state index contributed by atoms with van der Waals surface area (Å²) in [6, 6.07) is 13.4. The van der Waals surface area contributed by atoms with Crippen LogP contribution < -0.4 is 0 Å². The maximum atomic E-state index is 10.9. The van der Waals surface area contributed by atoms with E-state index in [-0.39, 0.29) is 10.9 Å². The largest absolute Gasteiger partial charge is 0.389 e. The van der Waals surface area contributed by atoms with Crippen LogP contribution in [0.1, 0.15) is 18.6 Å². The quantitative estimate of drug-likeness (QED) is 0.901. The van der Waals surface area contributed by atoms with Gasteiger partial charge in [-0.05, 0) is 22.4 Å². The molecular weight excluding hydrogens is 260 g/mol. The Labute approximate surface area is 116 Å². The van der Waals surface area contributed by atoms with Crippen molar-refractivity contribution in [3.05, 3.63) is 48.0 Å². The van der Waals surface area contributed by atoms with Crippen LogP contribution >= 0.6 is 11.8 Å². The van der Waals surface area contributed by atoms with Gasteiger partial charge in [0.2, 0.25) is 0 Å². The van der Waals surface area contributed by atoms with Gasteiger partial charge in [0.25, 0.3) is 0 Å². The van der Waals surface area contributed by atoms with Crippen molar-refractivity contribution in [2.75, 3.05) is 5.75 Å². The van der Waals surface area contributed by atoms with Gasteiger partial charge in [0.05, 0.1) is 6.10 Å². The fourth-order valence-corrected chi connectivity index (χ4v) is 2.50. The van der Waals surface area contributed by atoms with Crippen LogP contribution in [-0.4, -0.2) is 27.2 Å². The number of thioether (sulfide) groups is 1. The van der Waals surface area contributed by atoms with Crippen LogP contribution in [0.3, 0.4) is 0 Å². The van der Waals surface area contributed by atoms with E-state index >= 15 is 0 Å². The second-order valence-corrected chi connectivity index (χ2v) is 5.62. The normalized spacial score (nSPS) is 14.3. The summed E-state index contributed by atoms with van der Waals surface area (Å²) in [5.41, 5.74) is 0.662. The molecule has 0 bridgehead atoms. The predicted octanol–water partition coefficient (Wildman–Crippen LogP) is 2.51. The Kier molecular flexibility index (Phi) is 4.58. The number of aliphatic hydroxyl groups excluding tert-OH is 2. The Hall–Kier alpha value is -1.36. The monoisotopic (exact) mass is 276 g/mol. The summed E-state index contributed by atoms with van der Waals surface area (Å²) in [5.74, 6) is 0.198. The molecule has 2 aromatic carbocycles. The molecule has 19 heavy (non-hydrogen) atoms. The summed E-state index contributed by atoms with van der Waals surface area (Å²) >= 11 is 1.02. The third kappa shape index (κ3) is 3.56. The summed E-state index contributed by atoms with van der Waals surface area (Å²) in [6.45, 7) is 1.44. The molecule has 3 nitrogen and oxygen atoms in total. The summed E-state index contributed by atoms with van der Waals surface area (Å²) in [4.78, 5) is 10.9. The number of hydrogen-bond donors (Lipinski definition) is 2. The zero-order chi connectivity index (χ0) is 13.8. The van der Waals surface area contributed by atoms with Crippen LogP contribution in [0.2, 0.25) is 0 Å². The lowest BCUT2D eigenvalue weighted by Crippen LogP contribution is -2.21. The minimum atomic E-state index is -0.976. The van der Waals surface area contributed by atoms with Gasteiger partial charge in [-0.1, -0.05) is 48.2 Å². The lowest BCUT2D eigenvalue weighted by Gasteiger charge is -2.17. The molecule has 0 aromatic heterocycles. The van der Waals surface area contributed by atoms with Crippen LogP contribution in [0.4, 0.5) is 0 Å². The molecule has 0 saturated heterocycles. The predicted molar refractivity (Wildman–Crippen MR) is 78.1 cm³/mol. The van der Waals surface area contributed by atoms with E-state index in [0.717, 1.165) is 22.5 Å². The number of benzene rings is 2. The Balaban J connectivity index is 2.16. The highest BCUT2D eigenvalue weighted by Crippen LogP contribution is 2.24. The van der Waals surface area contributed by atoms with Crippen molar-refractivity contribution in [3.63, 3.8) is 0 Å². The summed E-state index contributed by atoms with van der Waals surface area (Å²) in [6.07, 6.45) is -1.92. The number of hydrogen-bond acceptors (Lipinski definition) is 4. The van der Waals surface area contributed by atoms with E-state index in [4.69, 9.17) is 0 Å². The van der Waals surface area contributed by atoms with E-state index < -0.39 is 12.2 Å². The van der Waals surface area contributed by atoms with Crippen molar-refractivity contribution >= 4 is 27.6 Å². The molecule has 0 radical (unpaired) electrons. The van der Waals surface area contributed by atoms with Crippen LogP contribution in [0, 0.1) is 0 Å². The second-order valence-electron chi connectivity index (χ2n) is 4.42. The molecule has 0 aliphatic heterocycles. The number of aliphatic hydroxyl groups is 2. The molecule has 0 fully saturated rings. The molecule has 100 valence electrons. The van der Waals surface area contributed by atoms with E-state index in [2.05, 4.69) is 0 Å². The van der Waals surface area contributed by atoms with Gasteiger partial charge in [-0.15, -0.1) is 0 Å². The van der Waals surface area contributed by atoms with E-state index in [1.165, 1.54) is 6.92 Å². The van der Waals surface area contributed by atoms with Gasteiger partial charge in [0.15, 0.2) is 5.12 Å². The van der Waals surface area contributed by atoms with Gasteiger partial charge in [0, 0.05) is 12.7 Å². The van der Waals surface area contributed by atoms with Crippen LogP contribution in [-0.2, 0) is 4.79 Å². The molecule has 0 aliphatic rings. The first-order valence-corrected chi connectivity index (χ1v) is 7.04. The Bertz CT molecular complexity index is 582. The Morgan fingerprint density at radius 1 is 1.16 bits per heavy atom. The molecule has 4 heteroatoms. The molecule has 0 heterocycles. The maximum Gasteiger partial charge on any atom is 0.185 e. The first-order chi connectivity index (χ1) is 9.08. The van der Waals surface area contributed by atoms with Gasteiger partial charge in [-0.3, -0.25) is 4.79 Å². The van der Waals surface area contributed by atoms with E-state index in [1.54, 1.807) is 6.07 Å². The van der Waals surface area contributed by atoms with Crippen LogP contribution in [0.5, 0.6) is 0 Å². The highest BCUT2D eigenvalue weighted by atomic mass is 32.2. The molecule has 2 rings (SSSR count). The Morgan fingerprint density at radius 3 is 2.53 bits per heavy atom. The van der Waals surface area contributed by atoms with Crippen LogP contribution in [0.15, 0.2) is 42.5 Å². The first-order valence-electron chi connectivity index (χ1n) is 6.06. The number of carbonyl (C=O) groups excluding carboxylic acids is 1. The van der Waals surface area contributed by atoms with Gasteiger partial charge < -0.3 is 10.2 Å². The van der Waals surface area contributed by atoms with Crippen LogP contribution in [0.25, 0.3) is 10.8 Å². The average Bonchev–Trinajstić information content (AvgIpc) is 2.43. The SMILES string of the molecule is CC(=O)SCC(O)C(O)c1ccc2ccccc2c1. The minimum Gasteiger partial charge on any atom is -0.389 e. The van der Waals surface area contributed by atoms with Crippen molar-refractivity contribution < 1.29 is 15.0 Å². The fourth-order valence-electron chi connectivity index (χ4n) is 1.91. The maximum absolute atomic E-state index is 10.9. The molecule has 0 amide bonds. The standard InChI is InChI=1S/C15H16O3S/c1-10(16)19-9-14(17)15(18)13-7-6-11-4-2-3-5-12(11)8-13/h2-8,14-15,17-18H,9H2,1H3. The summed E-state index contributed by atoms with van der Waals surface area (Å²) in [5, 5.41) is 22.0. The fraction of sp³-hybridized carbons (Fsp3) is 0.267. The average molecular weight is 276 g/mol. The summed E-state index contributed by atoms with van der Waals surface area (Å²) < 4.78 is 0. The molecule has 0 saturated carbocycles. The molecular formula is C15H16O3S. The molecule has 2 N–H and O–H groups in total. The summed E-state index contributed by atoms with van der Waals surface area (Å²) in [7, 11) is 0. The van der Waals surface area contributed by atoms with Crippen molar-refractivity contribution in [3.8, 4) is 0 Å². The first kappa shape index (κ1) is 14.1. The number of fused-ring (bicyclic) bond motifs is 1. The third-order valence-corrected chi connectivity index (χ3v) is 3.85. The van der Waals surface area contributed by atoms with E-state index in [9.17, 15) is 15.0 Å². The molecule has 0 aliphatic carbocycles. The van der Waals surface area contributed by atoms with E-state index in [0.29, 0.717) is 5.56 Å². The zero-order valence-corrected chi connectivity index (χ0v) is 11.4. The molecule has 0 spiro atoms.